The van der Waals surface area contributed by atoms with Gasteiger partial charge in [-0.1, -0.05) is 121 Å². The number of rotatable bonds is 5. The average Bonchev–Trinajstić information content (AvgIpc) is 3.91. The molecule has 4 nitrogen and oxygen atoms in total. The molecule has 3 aromatic heterocycles. The van der Waals surface area contributed by atoms with Gasteiger partial charge in [0, 0.05) is 21.1 Å². The van der Waals surface area contributed by atoms with Crippen molar-refractivity contribution in [2.45, 2.75) is 12.3 Å². The van der Waals surface area contributed by atoms with E-state index >= 15 is 0 Å². The zero-order valence-corrected chi connectivity index (χ0v) is 29.3. The number of fused-ring (bicyclic) bond motifs is 7. The summed E-state index contributed by atoms with van der Waals surface area (Å²) in [6, 6.07) is 63.9. The highest BCUT2D eigenvalue weighted by atomic mass is 15.1. The van der Waals surface area contributed by atoms with Crippen LogP contribution in [0.2, 0.25) is 0 Å². The van der Waals surface area contributed by atoms with E-state index < -0.39 is 12.3 Å². The minimum atomic E-state index is -2.26. The summed E-state index contributed by atoms with van der Waals surface area (Å²) in [5, 5.41) is 2.15. The SMILES string of the molecule is [2H]C([2H])([2H])c1ccnc(-n2c3ccccc3c3ccc(C4(c5cccc(-n6c[n+](-c7ccccc7)c7ccccc76)c5)c5ccccc5-c5ccccc54)cc32)c1. The third-order valence-corrected chi connectivity index (χ3v) is 11.3. The van der Waals surface area contributed by atoms with Crippen LogP contribution in [0.3, 0.4) is 0 Å². The highest BCUT2D eigenvalue weighted by Crippen LogP contribution is 2.56. The van der Waals surface area contributed by atoms with Gasteiger partial charge < -0.3 is 0 Å². The molecule has 0 unspecified atom stereocenters. The van der Waals surface area contributed by atoms with Gasteiger partial charge in [-0.3, -0.25) is 4.57 Å². The van der Waals surface area contributed by atoms with Gasteiger partial charge in [-0.25, -0.2) is 4.98 Å². The summed E-state index contributed by atoms with van der Waals surface area (Å²) in [4.78, 5) is 4.77. The molecular formula is C50H35N4+. The minimum Gasteiger partial charge on any atom is -0.294 e. The number of nitrogens with zero attached hydrogens (tertiary/aromatic N) is 4. The summed E-state index contributed by atoms with van der Waals surface area (Å²) < 4.78 is 31.2. The van der Waals surface area contributed by atoms with Crippen molar-refractivity contribution < 1.29 is 8.68 Å². The van der Waals surface area contributed by atoms with Crippen LogP contribution in [0.1, 0.15) is 31.9 Å². The van der Waals surface area contributed by atoms with E-state index in [9.17, 15) is 0 Å². The Morgan fingerprint density at radius 2 is 1.24 bits per heavy atom. The molecule has 7 aromatic carbocycles. The van der Waals surface area contributed by atoms with Crippen molar-refractivity contribution >= 4 is 32.8 Å². The van der Waals surface area contributed by atoms with Crippen molar-refractivity contribution in [3.8, 4) is 28.3 Å². The first-order chi connectivity index (χ1) is 27.9. The Labute approximate surface area is 317 Å². The van der Waals surface area contributed by atoms with Gasteiger partial charge in [0.2, 0.25) is 0 Å². The highest BCUT2D eigenvalue weighted by molar-refractivity contribution is 6.09. The highest BCUT2D eigenvalue weighted by Gasteiger charge is 2.46. The topological polar surface area (TPSA) is 26.6 Å². The number of hydrogen-bond donors (Lipinski definition) is 0. The number of para-hydroxylation sites is 4. The molecule has 10 aromatic rings. The fourth-order valence-corrected chi connectivity index (χ4v) is 9.02. The molecule has 0 spiro atoms. The van der Waals surface area contributed by atoms with Crippen LogP contribution < -0.4 is 4.57 Å². The average molecular weight is 695 g/mol. The van der Waals surface area contributed by atoms with Gasteiger partial charge in [-0.15, -0.1) is 0 Å². The van der Waals surface area contributed by atoms with Gasteiger partial charge in [0.05, 0.1) is 16.4 Å². The Morgan fingerprint density at radius 3 is 2.06 bits per heavy atom. The lowest BCUT2D eigenvalue weighted by Crippen LogP contribution is -2.29. The Kier molecular flexibility index (Phi) is 6.00. The van der Waals surface area contributed by atoms with E-state index in [1.807, 2.05) is 12.1 Å². The van der Waals surface area contributed by atoms with Crippen molar-refractivity contribution in [2.24, 2.45) is 0 Å². The van der Waals surface area contributed by atoms with Gasteiger partial charge in [0.1, 0.15) is 17.2 Å². The van der Waals surface area contributed by atoms with Crippen LogP contribution in [0.5, 0.6) is 0 Å². The van der Waals surface area contributed by atoms with Gasteiger partial charge in [0.15, 0.2) is 11.0 Å². The quantitative estimate of drug-likeness (QED) is 0.165. The van der Waals surface area contributed by atoms with Gasteiger partial charge >= 0.3 is 0 Å². The zero-order chi connectivity index (χ0) is 38.3. The molecule has 254 valence electrons. The van der Waals surface area contributed by atoms with E-state index in [1.54, 1.807) is 18.3 Å². The Hall–Kier alpha value is -7.04. The molecule has 0 aliphatic heterocycles. The van der Waals surface area contributed by atoms with E-state index in [1.165, 1.54) is 22.3 Å². The van der Waals surface area contributed by atoms with E-state index in [-0.39, 0.29) is 5.56 Å². The third kappa shape index (κ3) is 4.31. The van der Waals surface area contributed by atoms with Crippen molar-refractivity contribution in [1.82, 2.24) is 14.1 Å². The van der Waals surface area contributed by atoms with E-state index in [4.69, 9.17) is 9.10 Å². The summed E-state index contributed by atoms with van der Waals surface area (Å²) in [5.74, 6) is 0.571. The van der Waals surface area contributed by atoms with Crippen LogP contribution in [0.15, 0.2) is 195 Å². The molecule has 4 heteroatoms. The fraction of sp³-hybridized carbons (Fsp3) is 0.0400. The molecule has 1 aliphatic carbocycles. The maximum Gasteiger partial charge on any atom is 0.255 e. The number of aryl methyl sites for hydroxylation is 1. The number of benzene rings is 7. The molecule has 0 radical (unpaired) electrons. The molecule has 0 saturated carbocycles. The van der Waals surface area contributed by atoms with Crippen LogP contribution in [0.4, 0.5) is 0 Å². The summed E-state index contributed by atoms with van der Waals surface area (Å²) in [5.41, 5.74) is 13.0. The molecule has 0 atom stereocenters. The van der Waals surface area contributed by atoms with E-state index in [0.717, 1.165) is 55.3 Å². The van der Waals surface area contributed by atoms with Crippen molar-refractivity contribution in [3.63, 3.8) is 0 Å². The summed E-state index contributed by atoms with van der Waals surface area (Å²) in [7, 11) is 0. The van der Waals surface area contributed by atoms with Crippen molar-refractivity contribution in [2.75, 3.05) is 0 Å². The second-order valence-electron chi connectivity index (χ2n) is 14.1. The van der Waals surface area contributed by atoms with E-state index in [2.05, 4.69) is 178 Å². The van der Waals surface area contributed by atoms with Crippen LogP contribution in [-0.4, -0.2) is 14.1 Å². The molecule has 0 saturated heterocycles. The lowest BCUT2D eigenvalue weighted by Gasteiger charge is -2.34. The second-order valence-corrected chi connectivity index (χ2v) is 14.1. The maximum atomic E-state index is 8.19. The zero-order valence-electron chi connectivity index (χ0n) is 32.3. The summed E-state index contributed by atoms with van der Waals surface area (Å²) in [6.45, 7) is -2.26. The number of pyridine rings is 1. The first-order valence-corrected chi connectivity index (χ1v) is 18.3. The number of hydrogen-bond acceptors (Lipinski definition) is 1. The van der Waals surface area contributed by atoms with Gasteiger partial charge in [-0.2, -0.15) is 9.13 Å². The first kappa shape index (κ1) is 27.6. The molecule has 11 rings (SSSR count). The van der Waals surface area contributed by atoms with E-state index in [0.29, 0.717) is 5.82 Å². The fourth-order valence-electron chi connectivity index (χ4n) is 9.02. The number of aromatic nitrogens is 4. The molecule has 0 fully saturated rings. The largest absolute Gasteiger partial charge is 0.294 e. The Balaban J connectivity index is 1.21. The van der Waals surface area contributed by atoms with Gasteiger partial charge in [-0.05, 0) is 106 Å². The second kappa shape index (κ2) is 11.7. The Morgan fingerprint density at radius 1 is 0.556 bits per heavy atom. The summed E-state index contributed by atoms with van der Waals surface area (Å²) in [6.07, 6.45) is 3.79. The smallest absolute Gasteiger partial charge is 0.255 e. The lowest BCUT2D eigenvalue weighted by molar-refractivity contribution is -0.567. The van der Waals surface area contributed by atoms with Crippen LogP contribution in [0, 0.1) is 6.85 Å². The van der Waals surface area contributed by atoms with Crippen LogP contribution in [0.25, 0.3) is 61.2 Å². The Bertz CT molecular complexity index is 3150. The standard InChI is InChI=1S/C50H35N4/c1-34-28-29-51-49(30-34)54-45-23-10-7-20-41(45)42-27-26-36(32-48(42)54)50(43-21-8-5-18-39(43)40-19-6-9-22-44(40)50)35-14-13-17-38(31-35)53-33-52(37-15-3-2-4-16-37)46-24-11-12-25-47(46)53/h2-33H,1H3/q+1/i1D3. The van der Waals surface area contributed by atoms with Gasteiger partial charge in [0.25, 0.3) is 6.33 Å². The minimum absolute atomic E-state index is 0.257. The van der Waals surface area contributed by atoms with Crippen molar-refractivity contribution in [3.05, 3.63) is 222 Å². The molecule has 3 heterocycles. The number of imidazole rings is 1. The predicted molar refractivity (Wildman–Crippen MR) is 219 cm³/mol. The molecule has 0 N–H and O–H groups in total. The molecule has 0 amide bonds. The lowest BCUT2D eigenvalue weighted by atomic mass is 9.67. The molecule has 1 aliphatic rings. The van der Waals surface area contributed by atoms with Crippen LogP contribution >= 0.6 is 0 Å². The third-order valence-electron chi connectivity index (χ3n) is 11.3. The van der Waals surface area contributed by atoms with Crippen molar-refractivity contribution in [1.29, 1.82) is 0 Å². The van der Waals surface area contributed by atoms with Crippen LogP contribution in [-0.2, 0) is 5.41 Å². The first-order valence-electron chi connectivity index (χ1n) is 19.8. The molecular weight excluding hydrogens is 657 g/mol. The molecule has 54 heavy (non-hydrogen) atoms. The predicted octanol–water partition coefficient (Wildman–Crippen LogP) is 11.1. The normalized spacial score (nSPS) is 14.1. The molecule has 0 bridgehead atoms. The summed E-state index contributed by atoms with van der Waals surface area (Å²) >= 11 is 0. The maximum absolute atomic E-state index is 8.19. The monoisotopic (exact) mass is 694 g/mol.